The van der Waals surface area contributed by atoms with Crippen LogP contribution in [-0.4, -0.2) is 19.9 Å². The van der Waals surface area contributed by atoms with Crippen LogP contribution in [0.25, 0.3) is 43.6 Å². The zero-order valence-electron chi connectivity index (χ0n) is 15.6. The lowest BCUT2D eigenvalue weighted by Crippen LogP contribution is -1.84. The van der Waals surface area contributed by atoms with Crippen LogP contribution in [0.2, 0.25) is 0 Å². The van der Waals surface area contributed by atoms with Crippen LogP contribution in [0.3, 0.4) is 0 Å². The Morgan fingerprint density at radius 1 is 0.433 bits per heavy atom. The maximum Gasteiger partial charge on any atom is 0.106 e. The predicted octanol–water partition coefficient (Wildman–Crippen LogP) is 7.09. The Kier molecular flexibility index (Phi) is 5.11. The third-order valence-electron chi connectivity index (χ3n) is 4.80. The first kappa shape index (κ1) is 19.0. The summed E-state index contributed by atoms with van der Waals surface area (Å²) in [7, 11) is 0. The fraction of sp³-hybridized carbons (Fsp3) is 0. The van der Waals surface area contributed by atoms with Crippen LogP contribution in [0.5, 0.6) is 0 Å². The molecule has 0 saturated carbocycles. The third kappa shape index (κ3) is 3.64. The molecule has 0 unspecified atom stereocenters. The van der Waals surface area contributed by atoms with Gasteiger partial charge < -0.3 is 0 Å². The maximum absolute atomic E-state index is 4.46. The van der Waals surface area contributed by atoms with E-state index >= 15 is 0 Å². The molecule has 4 aromatic heterocycles. The molecule has 0 N–H and O–H groups in total. The molecule has 2 aromatic carbocycles. The van der Waals surface area contributed by atoms with E-state index in [1.807, 2.05) is 48.5 Å². The van der Waals surface area contributed by atoms with Gasteiger partial charge in [-0.3, -0.25) is 9.97 Å². The number of pyridine rings is 4. The van der Waals surface area contributed by atoms with Gasteiger partial charge in [0.2, 0.25) is 0 Å². The first-order valence-electron chi connectivity index (χ1n) is 9.29. The summed E-state index contributed by atoms with van der Waals surface area (Å²) in [5, 5.41) is 4.47. The van der Waals surface area contributed by atoms with Gasteiger partial charge in [0.15, 0.2) is 0 Å². The fourth-order valence-corrected chi connectivity index (χ4v) is 4.02. The van der Waals surface area contributed by atoms with Gasteiger partial charge in [0, 0.05) is 33.9 Å². The molecule has 0 atom stereocenters. The van der Waals surface area contributed by atoms with E-state index in [0.717, 1.165) is 52.8 Å². The molecule has 0 spiro atoms. The number of aromatic nitrogens is 4. The Labute approximate surface area is 189 Å². The van der Waals surface area contributed by atoms with Crippen LogP contribution in [0.4, 0.5) is 0 Å². The second kappa shape index (κ2) is 8.05. The number of benzene rings is 2. The Bertz CT molecular complexity index is 1420. The second-order valence-corrected chi connectivity index (χ2v) is 8.32. The van der Waals surface area contributed by atoms with Gasteiger partial charge in [0.1, 0.15) is 9.21 Å². The Morgan fingerprint density at radius 2 is 0.800 bits per heavy atom. The van der Waals surface area contributed by atoms with E-state index in [4.69, 9.17) is 0 Å². The quantitative estimate of drug-likeness (QED) is 0.159. The summed E-state index contributed by atoms with van der Waals surface area (Å²) in [4.78, 5) is 17.7. The van der Waals surface area contributed by atoms with Gasteiger partial charge in [-0.15, -0.1) is 0 Å². The summed E-state index contributed by atoms with van der Waals surface area (Å²) in [6.07, 6.45) is 3.59. The normalized spacial score (nSPS) is 11.0. The Morgan fingerprint density at radius 3 is 1.23 bits per heavy atom. The smallest absolute Gasteiger partial charge is 0.106 e. The van der Waals surface area contributed by atoms with Gasteiger partial charge >= 0.3 is 0 Å². The molecular weight excluding hydrogens is 504 g/mol. The molecule has 0 fully saturated rings. The fourth-order valence-electron chi connectivity index (χ4n) is 3.40. The van der Waals surface area contributed by atoms with Crippen LogP contribution in [0, 0.1) is 0 Å². The molecule has 0 aliphatic carbocycles. The van der Waals surface area contributed by atoms with Crippen LogP contribution < -0.4 is 0 Å². The van der Waals surface area contributed by atoms with Gasteiger partial charge in [-0.1, -0.05) is 48.5 Å². The third-order valence-corrected chi connectivity index (χ3v) is 5.68. The zero-order valence-corrected chi connectivity index (χ0v) is 18.8. The molecule has 4 nitrogen and oxygen atoms in total. The first-order chi connectivity index (χ1) is 14.7. The molecule has 6 rings (SSSR count). The summed E-state index contributed by atoms with van der Waals surface area (Å²) >= 11 is 6.76. The molecule has 0 radical (unpaired) electrons. The molecule has 0 aliphatic rings. The summed E-state index contributed by atoms with van der Waals surface area (Å²) in [6, 6.07) is 24.2. The van der Waals surface area contributed by atoms with Crippen molar-refractivity contribution in [3.8, 4) is 0 Å². The zero-order chi connectivity index (χ0) is 20.5. The van der Waals surface area contributed by atoms with Crippen molar-refractivity contribution < 1.29 is 0 Å². The highest BCUT2D eigenvalue weighted by Gasteiger charge is 2.03. The minimum Gasteiger partial charge on any atom is -0.254 e. The molecule has 4 heterocycles. The first-order valence-corrected chi connectivity index (χ1v) is 10.9. The highest BCUT2D eigenvalue weighted by molar-refractivity contribution is 9.10. The van der Waals surface area contributed by atoms with Gasteiger partial charge in [0.25, 0.3) is 0 Å². The van der Waals surface area contributed by atoms with E-state index in [9.17, 15) is 0 Å². The minimum absolute atomic E-state index is 0.841. The van der Waals surface area contributed by atoms with Gasteiger partial charge in [-0.2, -0.15) is 0 Å². The van der Waals surface area contributed by atoms with E-state index in [1.165, 1.54) is 0 Å². The number of halogens is 2. The summed E-state index contributed by atoms with van der Waals surface area (Å²) in [6.45, 7) is 0. The van der Waals surface area contributed by atoms with Crippen LogP contribution >= 0.6 is 31.9 Å². The molecule has 6 heteroatoms. The van der Waals surface area contributed by atoms with Gasteiger partial charge in [-0.05, 0) is 56.1 Å². The van der Waals surface area contributed by atoms with Crippen LogP contribution in [0.1, 0.15) is 0 Å². The van der Waals surface area contributed by atoms with Crippen molar-refractivity contribution >= 4 is 75.5 Å². The maximum atomic E-state index is 4.46. The number of rotatable bonds is 0. The standard InChI is InChI=1S/2C12H7BrN2/c2*13-10-6-5-9-4-3-8-2-1-7-14-11(8)12(9)15-10/h2*1-7H. The molecule has 0 amide bonds. The molecular formula is C24H14Br2N4. The van der Waals surface area contributed by atoms with E-state index in [0.29, 0.717) is 0 Å². The molecule has 0 saturated heterocycles. The van der Waals surface area contributed by atoms with E-state index in [-0.39, 0.29) is 0 Å². The molecule has 144 valence electrons. The lowest BCUT2D eigenvalue weighted by atomic mass is 10.1. The van der Waals surface area contributed by atoms with Gasteiger partial charge in [-0.25, -0.2) is 9.97 Å². The largest absolute Gasteiger partial charge is 0.254 e. The van der Waals surface area contributed by atoms with Crippen LogP contribution in [-0.2, 0) is 0 Å². The van der Waals surface area contributed by atoms with Crippen molar-refractivity contribution in [2.45, 2.75) is 0 Å². The highest BCUT2D eigenvalue weighted by Crippen LogP contribution is 2.24. The number of nitrogens with zero attached hydrogens (tertiary/aromatic N) is 4. The van der Waals surface area contributed by atoms with Crippen molar-refractivity contribution in [3.63, 3.8) is 0 Å². The molecule has 0 aliphatic heterocycles. The Hall–Kier alpha value is -2.96. The second-order valence-electron chi connectivity index (χ2n) is 6.69. The molecule has 30 heavy (non-hydrogen) atoms. The lowest BCUT2D eigenvalue weighted by Gasteiger charge is -2.01. The van der Waals surface area contributed by atoms with E-state index < -0.39 is 0 Å². The average molecular weight is 518 g/mol. The number of hydrogen-bond donors (Lipinski definition) is 0. The topological polar surface area (TPSA) is 51.6 Å². The van der Waals surface area contributed by atoms with Crippen molar-refractivity contribution in [1.82, 2.24) is 19.9 Å². The van der Waals surface area contributed by atoms with Crippen molar-refractivity contribution in [2.75, 3.05) is 0 Å². The predicted molar refractivity (Wildman–Crippen MR) is 129 cm³/mol. The van der Waals surface area contributed by atoms with Crippen molar-refractivity contribution in [2.24, 2.45) is 0 Å². The summed E-state index contributed by atoms with van der Waals surface area (Å²) < 4.78 is 1.68. The molecule has 0 bridgehead atoms. The SMILES string of the molecule is Brc1ccc2ccc3cccnc3c2n1.Brc1ccc2ccc3cccnc3c2n1. The number of fused-ring (bicyclic) bond motifs is 6. The lowest BCUT2D eigenvalue weighted by molar-refractivity contribution is 1.34. The highest BCUT2D eigenvalue weighted by atomic mass is 79.9. The summed E-state index contributed by atoms with van der Waals surface area (Å²) in [5.41, 5.74) is 3.80. The van der Waals surface area contributed by atoms with E-state index in [2.05, 4.69) is 76.1 Å². The number of hydrogen-bond acceptors (Lipinski definition) is 4. The van der Waals surface area contributed by atoms with Crippen LogP contribution in [0.15, 0.2) is 94.4 Å². The monoisotopic (exact) mass is 516 g/mol. The minimum atomic E-state index is 0.841. The van der Waals surface area contributed by atoms with Crippen molar-refractivity contribution in [1.29, 1.82) is 0 Å². The van der Waals surface area contributed by atoms with Gasteiger partial charge in [0.05, 0.1) is 22.1 Å². The Balaban J connectivity index is 0.000000128. The average Bonchev–Trinajstić information content (AvgIpc) is 2.79. The molecule has 6 aromatic rings. The van der Waals surface area contributed by atoms with E-state index in [1.54, 1.807) is 12.4 Å². The van der Waals surface area contributed by atoms with Crippen molar-refractivity contribution in [3.05, 3.63) is 94.4 Å². The summed E-state index contributed by atoms with van der Waals surface area (Å²) in [5.74, 6) is 0.